The zero-order valence-electron chi connectivity index (χ0n) is 17.7. The predicted molar refractivity (Wildman–Crippen MR) is 138 cm³/mol. The fourth-order valence-corrected chi connectivity index (χ4v) is 7.03. The number of thioether (sulfide) groups is 1. The second-order valence-corrected chi connectivity index (χ2v) is 11.5. The van der Waals surface area contributed by atoms with Crippen LogP contribution in [0, 0.1) is 5.82 Å². The summed E-state index contributed by atoms with van der Waals surface area (Å²) in [5, 5.41) is 10.4. The van der Waals surface area contributed by atoms with Crippen LogP contribution in [0.25, 0.3) is 0 Å². The summed E-state index contributed by atoms with van der Waals surface area (Å²) < 4.78 is 13.3. The molecule has 2 unspecified atom stereocenters. The smallest absolute Gasteiger partial charge is 0.123 e. The van der Waals surface area contributed by atoms with E-state index in [1.165, 1.54) is 17.7 Å². The molecule has 0 aliphatic carbocycles. The molecule has 0 spiro atoms. The number of pyridine rings is 1. The van der Waals surface area contributed by atoms with Crippen molar-refractivity contribution < 1.29 is 4.39 Å². The highest BCUT2D eigenvalue weighted by atomic mass is 35.5. The Labute approximate surface area is 211 Å². The summed E-state index contributed by atoms with van der Waals surface area (Å²) in [4.78, 5) is 7.15. The van der Waals surface area contributed by atoms with Crippen molar-refractivity contribution in [3.8, 4) is 0 Å². The lowest BCUT2D eigenvalue weighted by Gasteiger charge is -2.41. The highest BCUT2D eigenvalue weighted by Gasteiger charge is 2.40. The largest absolute Gasteiger partial charge is 0.301 e. The van der Waals surface area contributed by atoms with E-state index >= 15 is 0 Å². The molecule has 4 aromatic rings. The van der Waals surface area contributed by atoms with Crippen LogP contribution in [-0.2, 0) is 5.54 Å². The highest BCUT2D eigenvalue weighted by Crippen LogP contribution is 2.42. The number of piperidine rings is 1. The number of halogens is 2. The highest BCUT2D eigenvalue weighted by molar-refractivity contribution is 8.00. The summed E-state index contributed by atoms with van der Waals surface area (Å²) >= 11 is 11.5. The first kappa shape index (κ1) is 22.9. The molecule has 0 amide bonds. The Kier molecular flexibility index (Phi) is 7.09. The molecule has 168 valence electrons. The van der Waals surface area contributed by atoms with Gasteiger partial charge in [-0.05, 0) is 83.8 Å². The zero-order chi connectivity index (χ0) is 22.7. The maximum atomic E-state index is 13.3. The first-order chi connectivity index (χ1) is 16.1. The minimum atomic E-state index is -0.323. The Hall–Kier alpha value is -1.83. The van der Waals surface area contributed by atoms with Crippen molar-refractivity contribution in [3.63, 3.8) is 0 Å². The summed E-state index contributed by atoms with van der Waals surface area (Å²) in [6.45, 7) is 0.864. The van der Waals surface area contributed by atoms with Crippen molar-refractivity contribution >= 4 is 46.5 Å². The molecular weight excluding hydrogens is 491 g/mol. The summed E-state index contributed by atoms with van der Waals surface area (Å²) in [5.74, 6) is -0.229. The van der Waals surface area contributed by atoms with Crippen molar-refractivity contribution in [2.45, 2.75) is 38.4 Å². The van der Waals surface area contributed by atoms with E-state index in [9.17, 15) is 4.39 Å². The second kappa shape index (κ2) is 10.2. The van der Waals surface area contributed by atoms with E-state index < -0.39 is 0 Å². The molecular formula is C26H22ClFN2S3. The van der Waals surface area contributed by atoms with Crippen LogP contribution >= 0.6 is 46.5 Å². The molecule has 2 aromatic carbocycles. The van der Waals surface area contributed by atoms with Crippen LogP contribution in [0.4, 0.5) is 4.39 Å². The number of thiophene rings is 1. The van der Waals surface area contributed by atoms with Gasteiger partial charge in [0.15, 0.2) is 0 Å². The molecule has 7 heteroatoms. The van der Waals surface area contributed by atoms with Gasteiger partial charge in [-0.2, -0.15) is 11.3 Å². The first-order valence-corrected chi connectivity index (χ1v) is 13.7. The molecule has 2 aromatic heterocycles. The van der Waals surface area contributed by atoms with Crippen molar-refractivity contribution in [3.05, 3.63) is 106 Å². The third kappa shape index (κ3) is 5.15. The number of aromatic nitrogens is 1. The van der Waals surface area contributed by atoms with Gasteiger partial charge >= 0.3 is 0 Å². The average Bonchev–Trinajstić information content (AvgIpc) is 3.39. The Balaban J connectivity index is 1.39. The SMILES string of the molecule is Fc1ccc(Sc2cccc(C3(c4ccsc4)CCC(Sc4ccccc4Cl)CN3)n2)cc1. The third-order valence-electron chi connectivity index (χ3n) is 5.81. The van der Waals surface area contributed by atoms with Crippen molar-refractivity contribution in [2.24, 2.45) is 0 Å². The zero-order valence-corrected chi connectivity index (χ0v) is 20.9. The molecule has 1 N–H and O–H groups in total. The van der Waals surface area contributed by atoms with E-state index in [0.29, 0.717) is 5.25 Å². The molecule has 3 heterocycles. The van der Waals surface area contributed by atoms with Crippen LogP contribution in [0.5, 0.6) is 0 Å². The molecule has 5 rings (SSSR count). The van der Waals surface area contributed by atoms with Crippen molar-refractivity contribution in [1.29, 1.82) is 0 Å². The molecule has 0 saturated carbocycles. The van der Waals surface area contributed by atoms with Gasteiger partial charge in [-0.3, -0.25) is 0 Å². The monoisotopic (exact) mass is 512 g/mol. The minimum absolute atomic E-state index is 0.229. The van der Waals surface area contributed by atoms with Gasteiger partial charge in [-0.25, -0.2) is 9.37 Å². The molecule has 0 radical (unpaired) electrons. The van der Waals surface area contributed by atoms with Crippen LogP contribution in [0.1, 0.15) is 24.1 Å². The minimum Gasteiger partial charge on any atom is -0.301 e. The average molecular weight is 513 g/mol. The van der Waals surface area contributed by atoms with Crippen molar-refractivity contribution in [2.75, 3.05) is 6.54 Å². The fraction of sp³-hybridized carbons (Fsp3) is 0.192. The number of rotatable bonds is 6. The van der Waals surface area contributed by atoms with E-state index in [4.69, 9.17) is 16.6 Å². The standard InChI is InChI=1S/C26H22ClFN2S3/c27-22-4-1-2-5-23(22)32-21-12-14-26(29-16-21,18-13-15-31-17-18)24-6-3-7-25(30-24)33-20-10-8-19(28)9-11-20/h1-11,13,15,17,21,29H,12,14,16H2. The maximum absolute atomic E-state index is 13.3. The van der Waals surface area contributed by atoms with E-state index in [1.54, 1.807) is 35.2 Å². The number of nitrogens with one attached hydrogen (secondary N) is 1. The number of hydrogen-bond donors (Lipinski definition) is 1. The van der Waals surface area contributed by atoms with E-state index in [0.717, 1.165) is 44.9 Å². The Morgan fingerprint density at radius 1 is 1.03 bits per heavy atom. The molecule has 1 aliphatic rings. The number of nitrogens with zero attached hydrogens (tertiary/aromatic N) is 1. The lowest BCUT2D eigenvalue weighted by Crippen LogP contribution is -2.50. The quantitative estimate of drug-likeness (QED) is 0.284. The van der Waals surface area contributed by atoms with E-state index in [2.05, 4.69) is 40.3 Å². The van der Waals surface area contributed by atoms with Gasteiger partial charge in [0, 0.05) is 21.6 Å². The van der Waals surface area contributed by atoms with Gasteiger partial charge in [0.05, 0.1) is 16.3 Å². The maximum Gasteiger partial charge on any atom is 0.123 e. The lowest BCUT2D eigenvalue weighted by atomic mass is 9.80. The number of hydrogen-bond acceptors (Lipinski definition) is 5. The number of benzene rings is 2. The van der Waals surface area contributed by atoms with Crippen LogP contribution in [0.3, 0.4) is 0 Å². The van der Waals surface area contributed by atoms with Crippen LogP contribution in [-0.4, -0.2) is 16.8 Å². The normalized spacial score (nSPS) is 20.6. The van der Waals surface area contributed by atoms with Gasteiger partial charge in [-0.15, -0.1) is 11.8 Å². The van der Waals surface area contributed by atoms with Crippen LogP contribution in [0.2, 0.25) is 5.02 Å². The fourth-order valence-electron chi connectivity index (χ4n) is 4.13. The molecule has 2 nitrogen and oxygen atoms in total. The Morgan fingerprint density at radius 3 is 2.61 bits per heavy atom. The van der Waals surface area contributed by atoms with Crippen LogP contribution < -0.4 is 5.32 Å². The van der Waals surface area contributed by atoms with Crippen LogP contribution in [0.15, 0.2) is 98.4 Å². The first-order valence-electron chi connectivity index (χ1n) is 10.7. The van der Waals surface area contributed by atoms with E-state index in [1.807, 2.05) is 36.0 Å². The van der Waals surface area contributed by atoms with Gasteiger partial charge in [-0.1, -0.05) is 41.6 Å². The molecule has 1 aliphatic heterocycles. The summed E-state index contributed by atoms with van der Waals surface area (Å²) in [6.07, 6.45) is 2.00. The molecule has 1 fully saturated rings. The summed E-state index contributed by atoms with van der Waals surface area (Å²) in [5.41, 5.74) is 1.95. The predicted octanol–water partition coefficient (Wildman–Crippen LogP) is 7.87. The van der Waals surface area contributed by atoms with Gasteiger partial charge in [0.2, 0.25) is 0 Å². The topological polar surface area (TPSA) is 24.9 Å². The Morgan fingerprint density at radius 2 is 1.88 bits per heavy atom. The molecule has 0 bridgehead atoms. The summed E-state index contributed by atoms with van der Waals surface area (Å²) in [6, 6.07) is 23.0. The molecule has 1 saturated heterocycles. The van der Waals surface area contributed by atoms with Gasteiger partial charge in [0.1, 0.15) is 10.8 Å². The molecule has 33 heavy (non-hydrogen) atoms. The van der Waals surface area contributed by atoms with E-state index in [-0.39, 0.29) is 11.4 Å². The lowest BCUT2D eigenvalue weighted by molar-refractivity contribution is 0.308. The second-order valence-electron chi connectivity index (χ2n) is 7.92. The van der Waals surface area contributed by atoms with Gasteiger partial charge < -0.3 is 5.32 Å². The van der Waals surface area contributed by atoms with Crippen molar-refractivity contribution in [1.82, 2.24) is 10.3 Å². The van der Waals surface area contributed by atoms with Gasteiger partial charge in [0.25, 0.3) is 0 Å². The Bertz CT molecular complexity index is 1210. The molecule has 2 atom stereocenters. The third-order valence-corrected chi connectivity index (χ3v) is 9.23. The summed E-state index contributed by atoms with van der Waals surface area (Å²) in [7, 11) is 0.